The Morgan fingerprint density at radius 2 is 1.79 bits per heavy atom. The van der Waals surface area contributed by atoms with Gasteiger partial charge in [0.05, 0.1) is 10.5 Å². The van der Waals surface area contributed by atoms with E-state index in [2.05, 4.69) is 10.3 Å². The van der Waals surface area contributed by atoms with Gasteiger partial charge in [0.2, 0.25) is 0 Å². The Labute approximate surface area is 162 Å². The molecule has 0 saturated heterocycles. The van der Waals surface area contributed by atoms with Gasteiger partial charge in [0, 0.05) is 35.2 Å². The Bertz CT molecular complexity index is 1280. The summed E-state index contributed by atoms with van der Waals surface area (Å²) < 4.78 is 26.9. The minimum atomic E-state index is -3.79. The van der Waals surface area contributed by atoms with Gasteiger partial charge in [-0.15, -0.1) is 0 Å². The molecule has 2 aromatic carbocycles. The van der Waals surface area contributed by atoms with Crippen LogP contribution in [0.1, 0.15) is 21.5 Å². The summed E-state index contributed by atoms with van der Waals surface area (Å²) in [5, 5.41) is 3.68. The van der Waals surface area contributed by atoms with Crippen molar-refractivity contribution < 1.29 is 13.2 Å². The number of benzene rings is 2. The summed E-state index contributed by atoms with van der Waals surface area (Å²) in [6.07, 6.45) is 4.47. The van der Waals surface area contributed by atoms with Crippen molar-refractivity contribution in [3.05, 3.63) is 83.8 Å². The molecule has 4 rings (SSSR count). The Hall–Kier alpha value is -3.32. The van der Waals surface area contributed by atoms with Crippen molar-refractivity contribution in [2.24, 2.45) is 0 Å². The summed E-state index contributed by atoms with van der Waals surface area (Å²) in [6.45, 7) is 3.82. The van der Waals surface area contributed by atoms with Gasteiger partial charge in [0.25, 0.3) is 15.9 Å². The third-order valence-corrected chi connectivity index (χ3v) is 6.38. The maximum Gasteiger partial charge on any atom is 0.267 e. The first-order chi connectivity index (χ1) is 13.4. The average Bonchev–Trinajstić information content (AvgIpc) is 3.33. The van der Waals surface area contributed by atoms with E-state index in [0.29, 0.717) is 0 Å². The fourth-order valence-electron chi connectivity index (χ4n) is 3.17. The van der Waals surface area contributed by atoms with Crippen LogP contribution in [0.25, 0.3) is 10.9 Å². The van der Waals surface area contributed by atoms with Crippen LogP contribution < -0.4 is 5.32 Å². The third kappa shape index (κ3) is 3.10. The van der Waals surface area contributed by atoms with Crippen LogP contribution in [0.5, 0.6) is 0 Å². The molecular weight excluding hydrogens is 374 g/mol. The molecule has 2 N–H and O–H groups in total. The van der Waals surface area contributed by atoms with E-state index >= 15 is 0 Å². The summed E-state index contributed by atoms with van der Waals surface area (Å²) in [5.41, 5.74) is 3.76. The number of para-hydroxylation sites is 1. The molecule has 0 spiro atoms. The van der Waals surface area contributed by atoms with Gasteiger partial charge in [0.1, 0.15) is 0 Å². The van der Waals surface area contributed by atoms with Crippen molar-refractivity contribution >= 4 is 32.5 Å². The molecule has 0 fully saturated rings. The highest BCUT2D eigenvalue weighted by Gasteiger charge is 2.19. The Kier molecular flexibility index (Phi) is 4.31. The van der Waals surface area contributed by atoms with Crippen molar-refractivity contribution in [3.63, 3.8) is 0 Å². The highest BCUT2D eigenvalue weighted by atomic mass is 32.2. The van der Waals surface area contributed by atoms with E-state index in [-0.39, 0.29) is 16.4 Å². The number of aromatic nitrogens is 2. The van der Waals surface area contributed by atoms with E-state index in [0.717, 1.165) is 31.7 Å². The molecule has 0 aliphatic carbocycles. The quantitative estimate of drug-likeness (QED) is 0.548. The topological polar surface area (TPSA) is 84.0 Å². The lowest BCUT2D eigenvalue weighted by Gasteiger charge is -2.10. The molecule has 7 heteroatoms. The van der Waals surface area contributed by atoms with E-state index in [1.807, 2.05) is 38.1 Å². The standard InChI is InChI=1S/C21H19N3O3S/c1-14-4-3-5-15(2)20(14)23-21(25)17-9-11-24(13-17)28(26,27)18-6-7-19-16(12-18)8-10-22-19/h3-13,22H,1-2H3,(H,23,25). The van der Waals surface area contributed by atoms with E-state index in [1.165, 1.54) is 18.5 Å². The van der Waals surface area contributed by atoms with Crippen LogP contribution in [-0.2, 0) is 10.0 Å². The van der Waals surface area contributed by atoms with Gasteiger partial charge in [-0.3, -0.25) is 4.79 Å². The molecule has 0 radical (unpaired) electrons. The van der Waals surface area contributed by atoms with Gasteiger partial charge >= 0.3 is 0 Å². The number of rotatable bonds is 4. The summed E-state index contributed by atoms with van der Waals surface area (Å²) in [5.74, 6) is -0.354. The molecular formula is C21H19N3O3S. The molecule has 2 heterocycles. The zero-order chi connectivity index (χ0) is 19.9. The maximum absolute atomic E-state index is 12.9. The van der Waals surface area contributed by atoms with Gasteiger partial charge in [-0.2, -0.15) is 0 Å². The number of amides is 1. The van der Waals surface area contributed by atoms with Crippen LogP contribution in [0.15, 0.2) is 72.0 Å². The minimum absolute atomic E-state index is 0.164. The fraction of sp³-hybridized carbons (Fsp3) is 0.0952. The first-order valence-electron chi connectivity index (χ1n) is 8.74. The Morgan fingerprint density at radius 1 is 1.04 bits per heavy atom. The predicted molar refractivity (Wildman–Crippen MR) is 109 cm³/mol. The van der Waals surface area contributed by atoms with Gasteiger partial charge in [-0.25, -0.2) is 12.4 Å². The lowest BCUT2D eigenvalue weighted by molar-refractivity contribution is 0.102. The molecule has 28 heavy (non-hydrogen) atoms. The Balaban J connectivity index is 1.63. The van der Waals surface area contributed by atoms with Crippen LogP contribution in [0.4, 0.5) is 5.69 Å². The fourth-order valence-corrected chi connectivity index (χ4v) is 4.40. The molecule has 4 aromatic rings. The lowest BCUT2D eigenvalue weighted by Crippen LogP contribution is -2.14. The number of H-pyrrole nitrogens is 1. The number of hydrogen-bond donors (Lipinski definition) is 2. The van der Waals surface area contributed by atoms with E-state index in [9.17, 15) is 13.2 Å². The summed E-state index contributed by atoms with van der Waals surface area (Å²) in [6, 6.07) is 13.9. The molecule has 0 aliphatic heterocycles. The zero-order valence-corrected chi connectivity index (χ0v) is 16.2. The second-order valence-electron chi connectivity index (χ2n) is 6.68. The molecule has 0 unspecified atom stereocenters. The molecule has 0 saturated carbocycles. The highest BCUT2D eigenvalue weighted by Crippen LogP contribution is 2.23. The molecule has 0 bridgehead atoms. The third-order valence-electron chi connectivity index (χ3n) is 4.75. The van der Waals surface area contributed by atoms with Gasteiger partial charge in [0.15, 0.2) is 0 Å². The average molecular weight is 393 g/mol. The van der Waals surface area contributed by atoms with Crippen LogP contribution in [0, 0.1) is 13.8 Å². The summed E-state index contributed by atoms with van der Waals surface area (Å²) >= 11 is 0. The highest BCUT2D eigenvalue weighted by molar-refractivity contribution is 7.90. The number of nitrogens with one attached hydrogen (secondary N) is 2. The summed E-state index contributed by atoms with van der Waals surface area (Å²) in [4.78, 5) is 15.8. The van der Waals surface area contributed by atoms with Crippen molar-refractivity contribution in [2.75, 3.05) is 5.32 Å². The second kappa shape index (κ2) is 6.69. The Morgan fingerprint density at radius 3 is 2.54 bits per heavy atom. The molecule has 0 aliphatic rings. The molecule has 1 amide bonds. The van der Waals surface area contributed by atoms with E-state index < -0.39 is 10.0 Å². The van der Waals surface area contributed by atoms with Crippen molar-refractivity contribution in [3.8, 4) is 0 Å². The first-order valence-corrected chi connectivity index (χ1v) is 10.2. The predicted octanol–water partition coefficient (Wildman–Crippen LogP) is 4.08. The van der Waals surface area contributed by atoms with Crippen molar-refractivity contribution in [2.45, 2.75) is 18.7 Å². The molecule has 6 nitrogen and oxygen atoms in total. The number of carbonyl (C=O) groups is 1. The zero-order valence-electron chi connectivity index (χ0n) is 15.4. The SMILES string of the molecule is Cc1cccc(C)c1NC(=O)c1ccn(S(=O)(=O)c2ccc3[nH]ccc3c2)c1. The number of carbonyl (C=O) groups excluding carboxylic acids is 1. The van der Waals surface area contributed by atoms with Gasteiger partial charge < -0.3 is 10.3 Å². The maximum atomic E-state index is 12.9. The number of anilines is 1. The molecule has 2 aromatic heterocycles. The lowest BCUT2D eigenvalue weighted by atomic mass is 10.1. The van der Waals surface area contributed by atoms with Gasteiger partial charge in [-0.05, 0) is 55.3 Å². The minimum Gasteiger partial charge on any atom is -0.361 e. The molecule has 142 valence electrons. The van der Waals surface area contributed by atoms with Crippen LogP contribution >= 0.6 is 0 Å². The number of fused-ring (bicyclic) bond motifs is 1. The molecule has 0 atom stereocenters. The summed E-state index contributed by atoms with van der Waals surface area (Å²) in [7, 11) is -3.79. The van der Waals surface area contributed by atoms with E-state index in [4.69, 9.17) is 0 Å². The number of aryl methyl sites for hydroxylation is 2. The van der Waals surface area contributed by atoms with Crippen LogP contribution in [-0.4, -0.2) is 23.3 Å². The smallest absolute Gasteiger partial charge is 0.267 e. The van der Waals surface area contributed by atoms with Crippen molar-refractivity contribution in [1.29, 1.82) is 0 Å². The largest absolute Gasteiger partial charge is 0.361 e. The van der Waals surface area contributed by atoms with Crippen LogP contribution in [0.3, 0.4) is 0 Å². The normalized spacial score (nSPS) is 11.6. The second-order valence-corrected chi connectivity index (χ2v) is 8.53. The first kappa shape index (κ1) is 18.1. The number of hydrogen-bond acceptors (Lipinski definition) is 3. The van der Waals surface area contributed by atoms with E-state index in [1.54, 1.807) is 24.4 Å². The van der Waals surface area contributed by atoms with Gasteiger partial charge in [-0.1, -0.05) is 18.2 Å². The monoisotopic (exact) mass is 393 g/mol. The van der Waals surface area contributed by atoms with Crippen LogP contribution in [0.2, 0.25) is 0 Å². The van der Waals surface area contributed by atoms with Crippen molar-refractivity contribution in [1.82, 2.24) is 8.96 Å². The number of aromatic amines is 1. The number of nitrogens with zero attached hydrogens (tertiary/aromatic N) is 1.